The highest BCUT2D eigenvalue weighted by atomic mass is 32.2. The van der Waals surface area contributed by atoms with E-state index in [-0.39, 0.29) is 16.3 Å². The van der Waals surface area contributed by atoms with Gasteiger partial charge in [-0.1, -0.05) is 18.2 Å². The van der Waals surface area contributed by atoms with Crippen molar-refractivity contribution in [3.8, 4) is 11.5 Å². The fourth-order valence-electron chi connectivity index (χ4n) is 2.35. The Bertz CT molecular complexity index is 1060. The summed E-state index contributed by atoms with van der Waals surface area (Å²) in [5.41, 5.74) is 1.09. The van der Waals surface area contributed by atoms with Gasteiger partial charge in [-0.05, 0) is 55.0 Å². The van der Waals surface area contributed by atoms with Crippen molar-refractivity contribution in [1.29, 1.82) is 0 Å². The van der Waals surface area contributed by atoms with Crippen molar-refractivity contribution in [2.24, 2.45) is 0 Å². The van der Waals surface area contributed by atoms with Crippen molar-refractivity contribution in [2.45, 2.75) is 11.8 Å². The molecule has 0 saturated heterocycles. The van der Waals surface area contributed by atoms with Crippen LogP contribution in [0, 0.1) is 17.0 Å². The van der Waals surface area contributed by atoms with Gasteiger partial charge in [0, 0.05) is 17.8 Å². The minimum absolute atomic E-state index is 0.0537. The van der Waals surface area contributed by atoms with Gasteiger partial charge in [0.15, 0.2) is 0 Å². The lowest BCUT2D eigenvalue weighted by molar-refractivity contribution is -0.384. The minimum atomic E-state index is -3.82. The van der Waals surface area contributed by atoms with Crippen LogP contribution < -0.4 is 9.46 Å². The zero-order valence-electron chi connectivity index (χ0n) is 14.3. The number of aryl methyl sites for hydroxylation is 1. The van der Waals surface area contributed by atoms with E-state index in [0.29, 0.717) is 11.5 Å². The third kappa shape index (κ3) is 4.42. The molecule has 0 aliphatic carbocycles. The molecule has 0 atom stereocenters. The SMILES string of the molecule is Cc1ccccc1Oc1ccc(S(=O)(=O)Nc2ccc([N+](=O)[O-])cc2)cc1. The number of para-hydroxylation sites is 1. The summed E-state index contributed by atoms with van der Waals surface area (Å²) < 4.78 is 33.1. The van der Waals surface area contributed by atoms with E-state index in [0.717, 1.165) is 5.56 Å². The molecule has 138 valence electrons. The number of rotatable bonds is 6. The molecule has 8 heteroatoms. The number of nitro benzene ring substituents is 1. The molecular formula is C19H16N2O5S. The molecule has 0 aromatic heterocycles. The van der Waals surface area contributed by atoms with Crippen molar-refractivity contribution in [3.63, 3.8) is 0 Å². The number of anilines is 1. The molecule has 1 N–H and O–H groups in total. The number of hydrogen-bond acceptors (Lipinski definition) is 5. The summed E-state index contributed by atoms with van der Waals surface area (Å²) >= 11 is 0. The molecular weight excluding hydrogens is 368 g/mol. The van der Waals surface area contributed by atoms with E-state index < -0.39 is 14.9 Å². The lowest BCUT2D eigenvalue weighted by Gasteiger charge is -2.10. The summed E-state index contributed by atoms with van der Waals surface area (Å²) in [6.07, 6.45) is 0. The average molecular weight is 384 g/mol. The summed E-state index contributed by atoms with van der Waals surface area (Å²) in [4.78, 5) is 10.2. The highest BCUT2D eigenvalue weighted by molar-refractivity contribution is 7.92. The van der Waals surface area contributed by atoms with Gasteiger partial charge < -0.3 is 4.74 Å². The average Bonchev–Trinajstić information content (AvgIpc) is 2.64. The van der Waals surface area contributed by atoms with Gasteiger partial charge in [-0.15, -0.1) is 0 Å². The van der Waals surface area contributed by atoms with E-state index in [2.05, 4.69) is 4.72 Å². The number of nitro groups is 1. The quantitative estimate of drug-likeness (QED) is 0.498. The van der Waals surface area contributed by atoms with Crippen LogP contribution in [0.15, 0.2) is 77.7 Å². The van der Waals surface area contributed by atoms with Crippen molar-refractivity contribution >= 4 is 21.4 Å². The second-order valence-electron chi connectivity index (χ2n) is 5.75. The van der Waals surface area contributed by atoms with Crippen LogP contribution in [0.4, 0.5) is 11.4 Å². The number of nitrogens with one attached hydrogen (secondary N) is 1. The predicted molar refractivity (Wildman–Crippen MR) is 102 cm³/mol. The van der Waals surface area contributed by atoms with Gasteiger partial charge in [-0.3, -0.25) is 14.8 Å². The van der Waals surface area contributed by atoms with Crippen LogP contribution in [0.3, 0.4) is 0 Å². The van der Waals surface area contributed by atoms with E-state index in [9.17, 15) is 18.5 Å². The monoisotopic (exact) mass is 384 g/mol. The second-order valence-corrected chi connectivity index (χ2v) is 7.43. The Morgan fingerprint density at radius 3 is 2.15 bits per heavy atom. The molecule has 0 radical (unpaired) electrons. The molecule has 0 saturated carbocycles. The zero-order valence-corrected chi connectivity index (χ0v) is 15.1. The van der Waals surface area contributed by atoms with Gasteiger partial charge in [0.25, 0.3) is 15.7 Å². The molecule has 27 heavy (non-hydrogen) atoms. The predicted octanol–water partition coefficient (Wildman–Crippen LogP) is 4.50. The maximum absolute atomic E-state index is 12.5. The van der Waals surface area contributed by atoms with E-state index in [1.807, 2.05) is 31.2 Å². The Hall–Kier alpha value is -3.39. The van der Waals surface area contributed by atoms with Gasteiger partial charge in [0.05, 0.1) is 9.82 Å². The number of non-ortho nitro benzene ring substituents is 1. The lowest BCUT2D eigenvalue weighted by Crippen LogP contribution is -2.12. The highest BCUT2D eigenvalue weighted by Gasteiger charge is 2.15. The molecule has 3 aromatic carbocycles. The highest BCUT2D eigenvalue weighted by Crippen LogP contribution is 2.26. The summed E-state index contributed by atoms with van der Waals surface area (Å²) in [5, 5.41) is 10.7. The minimum Gasteiger partial charge on any atom is -0.457 e. The van der Waals surface area contributed by atoms with E-state index in [1.165, 1.54) is 36.4 Å². The first kappa shape index (κ1) is 18.4. The number of hydrogen-bond donors (Lipinski definition) is 1. The van der Waals surface area contributed by atoms with E-state index in [1.54, 1.807) is 12.1 Å². The van der Waals surface area contributed by atoms with Gasteiger partial charge in [0.2, 0.25) is 0 Å². The molecule has 0 unspecified atom stereocenters. The first-order valence-corrected chi connectivity index (χ1v) is 9.44. The third-order valence-electron chi connectivity index (χ3n) is 3.79. The second kappa shape index (κ2) is 7.46. The van der Waals surface area contributed by atoms with Crippen LogP contribution >= 0.6 is 0 Å². The standard InChI is InChI=1S/C19H16N2O5S/c1-14-4-2-3-5-19(14)26-17-10-12-18(13-11-17)27(24,25)20-15-6-8-16(9-7-15)21(22)23/h2-13,20H,1H3. The molecule has 7 nitrogen and oxygen atoms in total. The van der Waals surface area contributed by atoms with Gasteiger partial charge in [-0.25, -0.2) is 8.42 Å². The fraction of sp³-hybridized carbons (Fsp3) is 0.0526. The number of ether oxygens (including phenoxy) is 1. The molecule has 0 fully saturated rings. The fourth-order valence-corrected chi connectivity index (χ4v) is 3.41. The van der Waals surface area contributed by atoms with Crippen LogP contribution in [0.25, 0.3) is 0 Å². The van der Waals surface area contributed by atoms with E-state index in [4.69, 9.17) is 4.74 Å². The summed E-state index contributed by atoms with van der Waals surface area (Å²) in [5.74, 6) is 1.20. The maximum atomic E-state index is 12.5. The number of nitrogens with zero attached hydrogens (tertiary/aromatic N) is 1. The normalized spacial score (nSPS) is 11.0. The molecule has 3 aromatic rings. The summed E-state index contributed by atoms with van der Waals surface area (Å²) in [6.45, 7) is 1.92. The van der Waals surface area contributed by atoms with Crippen LogP contribution in [0.1, 0.15) is 5.56 Å². The Labute approximate surface area is 156 Å². The zero-order chi connectivity index (χ0) is 19.4. The smallest absolute Gasteiger partial charge is 0.269 e. The topological polar surface area (TPSA) is 98.5 Å². The van der Waals surface area contributed by atoms with Crippen molar-refractivity contribution in [2.75, 3.05) is 4.72 Å². The van der Waals surface area contributed by atoms with Crippen LogP contribution in [-0.2, 0) is 10.0 Å². The molecule has 0 spiro atoms. The Kier molecular flexibility index (Phi) is 5.09. The molecule has 0 bridgehead atoms. The first-order chi connectivity index (χ1) is 12.8. The maximum Gasteiger partial charge on any atom is 0.269 e. The third-order valence-corrected chi connectivity index (χ3v) is 5.18. The first-order valence-electron chi connectivity index (χ1n) is 7.96. The Balaban J connectivity index is 1.75. The molecule has 3 rings (SSSR count). The Morgan fingerprint density at radius 1 is 0.926 bits per heavy atom. The van der Waals surface area contributed by atoms with Crippen molar-refractivity contribution < 1.29 is 18.1 Å². The summed E-state index contributed by atoms with van der Waals surface area (Å²) in [7, 11) is -3.82. The van der Waals surface area contributed by atoms with Crippen LogP contribution in [0.2, 0.25) is 0 Å². The number of benzene rings is 3. The van der Waals surface area contributed by atoms with Crippen LogP contribution in [0.5, 0.6) is 11.5 Å². The largest absolute Gasteiger partial charge is 0.457 e. The van der Waals surface area contributed by atoms with Crippen LogP contribution in [-0.4, -0.2) is 13.3 Å². The van der Waals surface area contributed by atoms with Gasteiger partial charge in [-0.2, -0.15) is 0 Å². The molecule has 0 heterocycles. The molecule has 0 aliphatic rings. The lowest BCUT2D eigenvalue weighted by atomic mass is 10.2. The molecule has 0 aliphatic heterocycles. The van der Waals surface area contributed by atoms with Gasteiger partial charge in [0.1, 0.15) is 11.5 Å². The number of sulfonamides is 1. The summed E-state index contributed by atoms with van der Waals surface area (Å²) in [6, 6.07) is 18.6. The van der Waals surface area contributed by atoms with Gasteiger partial charge >= 0.3 is 0 Å². The molecule has 0 amide bonds. The van der Waals surface area contributed by atoms with Crippen molar-refractivity contribution in [3.05, 3.63) is 88.5 Å². The van der Waals surface area contributed by atoms with E-state index >= 15 is 0 Å². The Morgan fingerprint density at radius 2 is 1.56 bits per heavy atom. The van der Waals surface area contributed by atoms with Crippen molar-refractivity contribution in [1.82, 2.24) is 0 Å².